The molecule has 1 heterocycles. The molecule has 1 saturated heterocycles. The van der Waals surface area contributed by atoms with Gasteiger partial charge in [-0.15, -0.1) is 0 Å². The Kier molecular flexibility index (Phi) is 7.28. The lowest BCUT2D eigenvalue weighted by Crippen LogP contribution is -2.46. The van der Waals surface area contributed by atoms with E-state index in [1.54, 1.807) is 4.90 Å². The number of likely N-dealkylation sites (N-methyl/N-ethyl adjacent to an activating group) is 1. The van der Waals surface area contributed by atoms with Crippen LogP contribution in [0.1, 0.15) is 24.0 Å². The third-order valence-corrected chi connectivity index (χ3v) is 5.38. The van der Waals surface area contributed by atoms with Crippen LogP contribution in [0.2, 0.25) is 0 Å². The third-order valence-electron chi connectivity index (χ3n) is 5.38. The van der Waals surface area contributed by atoms with Crippen LogP contribution < -0.4 is 4.74 Å². The van der Waals surface area contributed by atoms with Crippen molar-refractivity contribution in [1.29, 1.82) is 0 Å². The van der Waals surface area contributed by atoms with Gasteiger partial charge in [-0.2, -0.15) is 0 Å². The first kappa shape index (κ1) is 20.9. The molecule has 0 saturated carbocycles. The van der Waals surface area contributed by atoms with Crippen LogP contribution >= 0.6 is 0 Å². The molecule has 0 N–H and O–H groups in total. The van der Waals surface area contributed by atoms with E-state index >= 15 is 0 Å². The Morgan fingerprint density at radius 3 is 2.69 bits per heavy atom. The molecule has 5 heteroatoms. The Bertz CT molecular complexity index is 822. The molecule has 1 unspecified atom stereocenters. The van der Waals surface area contributed by atoms with E-state index in [-0.39, 0.29) is 17.7 Å². The van der Waals surface area contributed by atoms with E-state index in [1.165, 1.54) is 0 Å². The van der Waals surface area contributed by atoms with Crippen LogP contribution in [-0.2, 0) is 16.0 Å². The quantitative estimate of drug-likeness (QED) is 0.724. The monoisotopic (exact) mass is 394 g/mol. The minimum absolute atomic E-state index is 0.0926. The molecule has 29 heavy (non-hydrogen) atoms. The summed E-state index contributed by atoms with van der Waals surface area (Å²) in [7, 11) is 1.81. The second-order valence-corrected chi connectivity index (χ2v) is 7.77. The van der Waals surface area contributed by atoms with Crippen LogP contribution in [0.15, 0.2) is 54.6 Å². The topological polar surface area (TPSA) is 49.9 Å². The maximum Gasteiger partial charge on any atom is 0.227 e. The predicted octanol–water partition coefficient (Wildman–Crippen LogP) is 3.31. The van der Waals surface area contributed by atoms with Crippen molar-refractivity contribution in [2.24, 2.45) is 5.92 Å². The number of aryl methyl sites for hydroxylation is 1. The van der Waals surface area contributed by atoms with Gasteiger partial charge in [-0.1, -0.05) is 42.5 Å². The number of hydrogen-bond donors (Lipinski definition) is 0. The molecule has 0 spiro atoms. The van der Waals surface area contributed by atoms with Crippen molar-refractivity contribution in [3.8, 4) is 5.75 Å². The van der Waals surface area contributed by atoms with Gasteiger partial charge < -0.3 is 14.5 Å². The van der Waals surface area contributed by atoms with Crippen molar-refractivity contribution in [2.45, 2.75) is 26.2 Å². The number of piperidine rings is 1. The maximum atomic E-state index is 12.9. The molecule has 1 aliphatic rings. The van der Waals surface area contributed by atoms with Gasteiger partial charge >= 0.3 is 0 Å². The Labute approximate surface area is 173 Å². The van der Waals surface area contributed by atoms with E-state index in [2.05, 4.69) is 0 Å². The number of amides is 2. The molecular weight excluding hydrogens is 364 g/mol. The zero-order valence-corrected chi connectivity index (χ0v) is 17.3. The summed E-state index contributed by atoms with van der Waals surface area (Å²) in [6.45, 7) is 4.25. The molecule has 2 amide bonds. The molecule has 0 aliphatic carbocycles. The van der Waals surface area contributed by atoms with Crippen LogP contribution in [0.3, 0.4) is 0 Å². The molecule has 5 nitrogen and oxygen atoms in total. The van der Waals surface area contributed by atoms with Crippen LogP contribution in [0.4, 0.5) is 0 Å². The highest BCUT2D eigenvalue weighted by molar-refractivity contribution is 5.82. The van der Waals surface area contributed by atoms with E-state index in [9.17, 15) is 9.59 Å². The minimum Gasteiger partial charge on any atom is -0.492 e. The highest BCUT2D eigenvalue weighted by Gasteiger charge is 2.30. The lowest BCUT2D eigenvalue weighted by atomic mass is 9.96. The highest BCUT2D eigenvalue weighted by atomic mass is 16.5. The minimum atomic E-state index is -0.132. The van der Waals surface area contributed by atoms with Crippen LogP contribution in [0.25, 0.3) is 0 Å². The molecule has 2 aromatic carbocycles. The number of nitrogens with zero attached hydrogens (tertiary/aromatic N) is 2. The first-order chi connectivity index (χ1) is 14.0. The number of ether oxygens (including phenoxy) is 1. The first-order valence-corrected chi connectivity index (χ1v) is 10.3. The average Bonchev–Trinajstić information content (AvgIpc) is 2.74. The predicted molar refractivity (Wildman–Crippen MR) is 114 cm³/mol. The lowest BCUT2D eigenvalue weighted by molar-refractivity contribution is -0.140. The average molecular weight is 395 g/mol. The third kappa shape index (κ3) is 6.08. The van der Waals surface area contributed by atoms with Crippen molar-refractivity contribution < 1.29 is 14.3 Å². The molecule has 2 aromatic rings. The fraction of sp³-hybridized carbons (Fsp3) is 0.417. The zero-order chi connectivity index (χ0) is 20.6. The molecule has 1 aliphatic heterocycles. The van der Waals surface area contributed by atoms with Crippen molar-refractivity contribution in [3.63, 3.8) is 0 Å². The second-order valence-electron chi connectivity index (χ2n) is 7.77. The summed E-state index contributed by atoms with van der Waals surface area (Å²) in [5.74, 6) is 0.878. The van der Waals surface area contributed by atoms with Crippen LogP contribution in [0.5, 0.6) is 5.75 Å². The molecule has 1 fully saturated rings. The highest BCUT2D eigenvalue weighted by Crippen LogP contribution is 2.20. The summed E-state index contributed by atoms with van der Waals surface area (Å²) in [4.78, 5) is 29.1. The van der Waals surface area contributed by atoms with E-state index in [1.807, 2.05) is 73.5 Å². The molecular formula is C24H30N2O3. The Morgan fingerprint density at radius 2 is 1.93 bits per heavy atom. The number of hydrogen-bond acceptors (Lipinski definition) is 3. The fourth-order valence-corrected chi connectivity index (χ4v) is 3.71. The summed E-state index contributed by atoms with van der Waals surface area (Å²) in [5.41, 5.74) is 2.16. The van der Waals surface area contributed by atoms with Crippen LogP contribution in [0, 0.1) is 12.8 Å². The van der Waals surface area contributed by atoms with Gasteiger partial charge in [0.1, 0.15) is 12.4 Å². The molecule has 0 aromatic heterocycles. The van der Waals surface area contributed by atoms with E-state index in [0.717, 1.165) is 36.3 Å². The zero-order valence-electron chi connectivity index (χ0n) is 17.3. The number of rotatable bonds is 7. The molecule has 0 bridgehead atoms. The van der Waals surface area contributed by atoms with Gasteiger partial charge in [0, 0.05) is 20.1 Å². The summed E-state index contributed by atoms with van der Waals surface area (Å²) in [6, 6.07) is 17.7. The maximum absolute atomic E-state index is 12.9. The molecule has 0 radical (unpaired) electrons. The fourth-order valence-electron chi connectivity index (χ4n) is 3.71. The van der Waals surface area contributed by atoms with Gasteiger partial charge in [-0.3, -0.25) is 9.59 Å². The van der Waals surface area contributed by atoms with Gasteiger partial charge in [0.15, 0.2) is 0 Å². The number of likely N-dealkylation sites (tertiary alicyclic amines) is 1. The Hall–Kier alpha value is -2.82. The van der Waals surface area contributed by atoms with E-state index in [4.69, 9.17) is 4.74 Å². The number of carbonyl (C=O) groups is 2. The molecule has 154 valence electrons. The van der Waals surface area contributed by atoms with Crippen LogP contribution in [-0.4, -0.2) is 54.9 Å². The van der Waals surface area contributed by atoms with Gasteiger partial charge in [0.2, 0.25) is 11.8 Å². The van der Waals surface area contributed by atoms with Crippen molar-refractivity contribution in [3.05, 3.63) is 65.7 Å². The summed E-state index contributed by atoms with van der Waals surface area (Å²) >= 11 is 0. The normalized spacial score (nSPS) is 16.3. The standard InChI is InChI=1S/C24H30N2O3/c1-19-8-6-12-22(16-19)29-15-14-25(2)24(28)21-11-7-13-26(18-21)23(27)17-20-9-4-3-5-10-20/h3-6,8-10,12,16,21H,7,11,13-15,17-18H2,1-2H3. The van der Waals surface area contributed by atoms with Gasteiger partial charge in [0.25, 0.3) is 0 Å². The van der Waals surface area contributed by atoms with Gasteiger partial charge in [-0.05, 0) is 43.0 Å². The summed E-state index contributed by atoms with van der Waals surface area (Å²) in [6.07, 6.45) is 2.09. The van der Waals surface area contributed by atoms with E-state index < -0.39 is 0 Å². The second kappa shape index (κ2) is 10.1. The Morgan fingerprint density at radius 1 is 1.14 bits per heavy atom. The summed E-state index contributed by atoms with van der Waals surface area (Å²) < 4.78 is 5.76. The number of carbonyl (C=O) groups excluding carboxylic acids is 2. The van der Waals surface area contributed by atoms with Gasteiger partial charge in [-0.25, -0.2) is 0 Å². The van der Waals surface area contributed by atoms with Crippen molar-refractivity contribution in [1.82, 2.24) is 9.80 Å². The first-order valence-electron chi connectivity index (χ1n) is 10.3. The van der Waals surface area contributed by atoms with E-state index in [0.29, 0.717) is 26.1 Å². The van der Waals surface area contributed by atoms with Gasteiger partial charge in [0.05, 0.1) is 18.9 Å². The van der Waals surface area contributed by atoms with Crippen molar-refractivity contribution in [2.75, 3.05) is 33.3 Å². The summed E-state index contributed by atoms with van der Waals surface area (Å²) in [5, 5.41) is 0. The Balaban J connectivity index is 1.47. The molecule has 3 rings (SSSR count). The lowest BCUT2D eigenvalue weighted by Gasteiger charge is -2.34. The smallest absolute Gasteiger partial charge is 0.227 e. The largest absolute Gasteiger partial charge is 0.492 e. The SMILES string of the molecule is Cc1cccc(OCCN(C)C(=O)C2CCCN(C(=O)Cc3ccccc3)C2)c1. The molecule has 1 atom stereocenters. The van der Waals surface area contributed by atoms with Crippen molar-refractivity contribution >= 4 is 11.8 Å². The number of benzene rings is 2.